The van der Waals surface area contributed by atoms with Crippen LogP contribution >= 0.6 is 0 Å². The van der Waals surface area contributed by atoms with Crippen molar-refractivity contribution in [3.8, 4) is 11.1 Å². The molecule has 20 heavy (non-hydrogen) atoms. The molecule has 0 radical (unpaired) electrons. The third-order valence-electron chi connectivity index (χ3n) is 3.10. The molecule has 0 heterocycles. The second-order valence-corrected chi connectivity index (χ2v) is 4.44. The smallest absolute Gasteiger partial charge is 0.305 e. The molecule has 0 saturated heterocycles. The van der Waals surface area contributed by atoms with E-state index in [0.29, 0.717) is 5.56 Å². The molecular weight excluding hydrogens is 252 g/mol. The van der Waals surface area contributed by atoms with Gasteiger partial charge in [-0.1, -0.05) is 54.6 Å². The molecule has 0 unspecified atom stereocenters. The molecule has 0 N–H and O–H groups in total. The van der Waals surface area contributed by atoms with E-state index in [4.69, 9.17) is 0 Å². The lowest BCUT2D eigenvalue weighted by molar-refractivity contribution is -0.140. The summed E-state index contributed by atoms with van der Waals surface area (Å²) in [5, 5.41) is 0. The summed E-state index contributed by atoms with van der Waals surface area (Å²) in [7, 11) is 1.32. The molecule has 0 aliphatic heterocycles. The zero-order chi connectivity index (χ0) is 14.4. The number of ether oxygens (including phenoxy) is 1. The highest BCUT2D eigenvalue weighted by molar-refractivity contribution is 5.97. The van der Waals surface area contributed by atoms with Crippen LogP contribution in [-0.2, 0) is 9.53 Å². The van der Waals surface area contributed by atoms with Gasteiger partial charge in [-0.15, -0.1) is 0 Å². The minimum absolute atomic E-state index is 0.0463. The molecule has 0 spiro atoms. The number of methoxy groups -OCH3 is 1. The first-order valence-electron chi connectivity index (χ1n) is 6.46. The normalized spacial score (nSPS) is 10.1. The summed E-state index contributed by atoms with van der Waals surface area (Å²) in [4.78, 5) is 22.9. The predicted octanol–water partition coefficient (Wildman–Crippen LogP) is 3.49. The first kappa shape index (κ1) is 14.0. The van der Waals surface area contributed by atoms with Crippen molar-refractivity contribution in [2.45, 2.75) is 12.8 Å². The van der Waals surface area contributed by atoms with Crippen LogP contribution in [-0.4, -0.2) is 18.9 Å². The number of Topliss-reactive ketones (excluding diaryl/α,β-unsaturated/α-hetero) is 1. The number of esters is 1. The zero-order valence-electron chi connectivity index (χ0n) is 11.3. The number of carbonyl (C=O) groups excluding carboxylic acids is 2. The summed E-state index contributed by atoms with van der Waals surface area (Å²) in [5.74, 6) is -0.408. The molecule has 3 heteroatoms. The van der Waals surface area contributed by atoms with Crippen LogP contribution in [0.5, 0.6) is 0 Å². The van der Waals surface area contributed by atoms with E-state index in [1.54, 1.807) is 12.1 Å². The van der Waals surface area contributed by atoms with Gasteiger partial charge in [0.2, 0.25) is 0 Å². The maximum absolute atomic E-state index is 11.9. The number of carbonyl (C=O) groups is 2. The molecule has 0 aliphatic carbocycles. The Morgan fingerprint density at radius 2 is 1.45 bits per heavy atom. The lowest BCUT2D eigenvalue weighted by Gasteiger charge is -2.04. The van der Waals surface area contributed by atoms with E-state index < -0.39 is 0 Å². The summed E-state index contributed by atoms with van der Waals surface area (Å²) in [5.41, 5.74) is 2.80. The summed E-state index contributed by atoms with van der Waals surface area (Å²) < 4.78 is 4.52. The molecule has 0 atom stereocenters. The van der Waals surface area contributed by atoms with E-state index in [9.17, 15) is 9.59 Å². The van der Waals surface area contributed by atoms with Crippen molar-refractivity contribution in [2.24, 2.45) is 0 Å². The van der Waals surface area contributed by atoms with Crippen molar-refractivity contribution in [1.29, 1.82) is 0 Å². The van der Waals surface area contributed by atoms with Gasteiger partial charge in [-0.2, -0.15) is 0 Å². The maximum Gasteiger partial charge on any atom is 0.305 e. The first-order valence-corrected chi connectivity index (χ1v) is 6.46. The molecule has 0 aromatic heterocycles. The standard InChI is InChI=1S/C17H16O3/c1-20-17(19)12-11-16(18)15-9-7-14(8-10-15)13-5-3-2-4-6-13/h2-10H,11-12H2,1H3. The van der Waals surface area contributed by atoms with Crippen LogP contribution in [0.2, 0.25) is 0 Å². The lowest BCUT2D eigenvalue weighted by Crippen LogP contribution is -2.05. The Hall–Kier alpha value is -2.42. The van der Waals surface area contributed by atoms with Crippen LogP contribution in [0.1, 0.15) is 23.2 Å². The molecule has 3 nitrogen and oxygen atoms in total. The van der Waals surface area contributed by atoms with Gasteiger partial charge in [0.1, 0.15) is 0 Å². The average Bonchev–Trinajstić information content (AvgIpc) is 2.53. The predicted molar refractivity (Wildman–Crippen MR) is 77.5 cm³/mol. The highest BCUT2D eigenvalue weighted by Gasteiger charge is 2.09. The van der Waals surface area contributed by atoms with Crippen molar-refractivity contribution in [2.75, 3.05) is 7.11 Å². The molecule has 102 valence electrons. The molecule has 2 aromatic rings. The summed E-state index contributed by atoms with van der Waals surface area (Å²) in [6, 6.07) is 17.4. The van der Waals surface area contributed by atoms with Gasteiger partial charge in [-0.25, -0.2) is 0 Å². The van der Waals surface area contributed by atoms with Gasteiger partial charge < -0.3 is 4.74 Å². The highest BCUT2D eigenvalue weighted by Crippen LogP contribution is 2.19. The van der Waals surface area contributed by atoms with E-state index in [1.165, 1.54) is 7.11 Å². The first-order chi connectivity index (χ1) is 9.70. The van der Waals surface area contributed by atoms with Crippen LogP contribution in [0.15, 0.2) is 54.6 Å². The van der Waals surface area contributed by atoms with E-state index in [2.05, 4.69) is 4.74 Å². The lowest BCUT2D eigenvalue weighted by atomic mass is 10.0. The minimum atomic E-state index is -0.362. The van der Waals surface area contributed by atoms with Crippen molar-refractivity contribution in [3.05, 3.63) is 60.2 Å². The summed E-state index contributed by atoms with van der Waals surface area (Å²) >= 11 is 0. The van der Waals surface area contributed by atoms with Crippen molar-refractivity contribution < 1.29 is 14.3 Å². The molecule has 0 saturated carbocycles. The number of rotatable bonds is 5. The van der Waals surface area contributed by atoms with Gasteiger partial charge in [-0.05, 0) is 11.1 Å². The van der Waals surface area contributed by atoms with Crippen LogP contribution in [0.4, 0.5) is 0 Å². The Morgan fingerprint density at radius 3 is 2.05 bits per heavy atom. The summed E-state index contributed by atoms with van der Waals surface area (Å²) in [6.07, 6.45) is 0.299. The molecule has 2 rings (SSSR count). The monoisotopic (exact) mass is 268 g/mol. The van der Waals surface area contributed by atoms with Crippen LogP contribution < -0.4 is 0 Å². The Labute approximate surface area is 118 Å². The van der Waals surface area contributed by atoms with Crippen LogP contribution in [0.25, 0.3) is 11.1 Å². The van der Waals surface area contributed by atoms with Crippen LogP contribution in [0.3, 0.4) is 0 Å². The Morgan fingerprint density at radius 1 is 0.850 bits per heavy atom. The van der Waals surface area contributed by atoms with Gasteiger partial charge in [0.15, 0.2) is 5.78 Å². The summed E-state index contributed by atoms with van der Waals surface area (Å²) in [6.45, 7) is 0. The molecule has 2 aromatic carbocycles. The second kappa shape index (κ2) is 6.66. The quantitative estimate of drug-likeness (QED) is 0.616. The number of hydrogen-bond acceptors (Lipinski definition) is 3. The number of ketones is 1. The van der Waals surface area contributed by atoms with Crippen molar-refractivity contribution in [1.82, 2.24) is 0 Å². The molecule has 0 bridgehead atoms. The third-order valence-corrected chi connectivity index (χ3v) is 3.10. The SMILES string of the molecule is COC(=O)CCC(=O)c1ccc(-c2ccccc2)cc1. The van der Waals surface area contributed by atoms with E-state index in [-0.39, 0.29) is 24.6 Å². The third kappa shape index (κ3) is 3.54. The Kier molecular flexibility index (Phi) is 4.66. The minimum Gasteiger partial charge on any atom is -0.469 e. The van der Waals surface area contributed by atoms with Gasteiger partial charge in [0.25, 0.3) is 0 Å². The fourth-order valence-corrected chi connectivity index (χ4v) is 1.94. The molecule has 0 aliphatic rings. The Balaban J connectivity index is 2.05. The highest BCUT2D eigenvalue weighted by atomic mass is 16.5. The van der Waals surface area contributed by atoms with Crippen LogP contribution in [0, 0.1) is 0 Å². The number of benzene rings is 2. The average molecular weight is 268 g/mol. The van der Waals surface area contributed by atoms with E-state index >= 15 is 0 Å². The van der Waals surface area contributed by atoms with Gasteiger partial charge >= 0.3 is 5.97 Å². The fraction of sp³-hybridized carbons (Fsp3) is 0.176. The van der Waals surface area contributed by atoms with Crippen molar-refractivity contribution in [3.63, 3.8) is 0 Å². The molecular formula is C17H16O3. The topological polar surface area (TPSA) is 43.4 Å². The van der Waals surface area contributed by atoms with E-state index in [1.807, 2.05) is 42.5 Å². The van der Waals surface area contributed by atoms with Gasteiger partial charge in [0, 0.05) is 12.0 Å². The molecule has 0 fully saturated rings. The molecule has 0 amide bonds. The van der Waals surface area contributed by atoms with Gasteiger partial charge in [-0.3, -0.25) is 9.59 Å². The van der Waals surface area contributed by atoms with Crippen molar-refractivity contribution >= 4 is 11.8 Å². The van der Waals surface area contributed by atoms with E-state index in [0.717, 1.165) is 11.1 Å². The number of hydrogen-bond donors (Lipinski definition) is 0. The second-order valence-electron chi connectivity index (χ2n) is 4.44. The maximum atomic E-state index is 11.9. The Bertz CT molecular complexity index is 585. The fourth-order valence-electron chi connectivity index (χ4n) is 1.94. The van der Waals surface area contributed by atoms with Gasteiger partial charge in [0.05, 0.1) is 13.5 Å². The zero-order valence-corrected chi connectivity index (χ0v) is 11.3. The largest absolute Gasteiger partial charge is 0.469 e.